The number of carbonyl (C=O) groups is 1. The highest BCUT2D eigenvalue weighted by Gasteiger charge is 2.08. The number of nitrogens with one attached hydrogen (secondary N) is 1. The number of aromatic nitrogens is 1. The molecule has 1 heterocycles. The maximum atomic E-state index is 12.3. The lowest BCUT2D eigenvalue weighted by Crippen LogP contribution is -2.13. The van der Waals surface area contributed by atoms with Gasteiger partial charge in [0, 0.05) is 35.9 Å². The van der Waals surface area contributed by atoms with Crippen LogP contribution in [0.2, 0.25) is 0 Å². The van der Waals surface area contributed by atoms with Crippen LogP contribution in [0.3, 0.4) is 0 Å². The Kier molecular flexibility index (Phi) is 4.43. The summed E-state index contributed by atoms with van der Waals surface area (Å²) in [6.45, 7) is 0. The van der Waals surface area contributed by atoms with E-state index < -0.39 is 0 Å². The van der Waals surface area contributed by atoms with Crippen molar-refractivity contribution in [2.24, 2.45) is 0 Å². The molecule has 1 aromatic heterocycles. The molecule has 0 saturated heterocycles. The molecule has 3 rings (SSSR count). The number of pyridine rings is 1. The Morgan fingerprint density at radius 2 is 1.83 bits per heavy atom. The summed E-state index contributed by atoms with van der Waals surface area (Å²) in [6.07, 6.45) is 3.53. The number of hydrogen-bond donors (Lipinski definition) is 2. The van der Waals surface area contributed by atoms with E-state index in [0.29, 0.717) is 11.3 Å². The number of benzene rings is 2. The van der Waals surface area contributed by atoms with E-state index in [9.17, 15) is 4.79 Å². The first-order chi connectivity index (χ1) is 11.6. The van der Waals surface area contributed by atoms with Crippen molar-refractivity contribution in [2.75, 3.05) is 23.0 Å². The van der Waals surface area contributed by atoms with E-state index in [1.165, 1.54) is 0 Å². The molecule has 5 nitrogen and oxygen atoms in total. The van der Waals surface area contributed by atoms with Crippen LogP contribution in [0.5, 0.6) is 0 Å². The molecule has 2 aromatic carbocycles. The van der Waals surface area contributed by atoms with Crippen LogP contribution in [0.15, 0.2) is 73.1 Å². The lowest BCUT2D eigenvalue weighted by Gasteiger charge is -2.19. The first-order valence-corrected chi connectivity index (χ1v) is 7.54. The molecule has 0 saturated carbocycles. The molecule has 0 aliphatic heterocycles. The van der Waals surface area contributed by atoms with Gasteiger partial charge in [0.05, 0.1) is 11.9 Å². The zero-order chi connectivity index (χ0) is 16.9. The van der Waals surface area contributed by atoms with Gasteiger partial charge in [0.1, 0.15) is 0 Å². The second-order valence-electron chi connectivity index (χ2n) is 5.40. The smallest absolute Gasteiger partial charge is 0.255 e. The van der Waals surface area contributed by atoms with Crippen LogP contribution < -0.4 is 16.0 Å². The number of nitrogens with zero attached hydrogens (tertiary/aromatic N) is 2. The highest BCUT2D eigenvalue weighted by Crippen LogP contribution is 2.25. The lowest BCUT2D eigenvalue weighted by molar-refractivity contribution is 0.102. The summed E-state index contributed by atoms with van der Waals surface area (Å²) in [5.41, 5.74) is 9.46. The van der Waals surface area contributed by atoms with Crippen LogP contribution in [-0.2, 0) is 0 Å². The van der Waals surface area contributed by atoms with E-state index >= 15 is 0 Å². The second kappa shape index (κ2) is 6.83. The number of nitrogen functional groups attached to an aromatic ring is 1. The van der Waals surface area contributed by atoms with Gasteiger partial charge in [-0.3, -0.25) is 9.78 Å². The molecule has 0 unspecified atom stereocenters. The quantitative estimate of drug-likeness (QED) is 0.720. The third kappa shape index (κ3) is 3.52. The number of nitrogens with two attached hydrogens (primary N) is 1. The van der Waals surface area contributed by atoms with E-state index in [-0.39, 0.29) is 5.91 Å². The zero-order valence-electron chi connectivity index (χ0n) is 13.3. The van der Waals surface area contributed by atoms with Crippen LogP contribution in [-0.4, -0.2) is 17.9 Å². The first-order valence-electron chi connectivity index (χ1n) is 7.54. The van der Waals surface area contributed by atoms with Gasteiger partial charge in [-0.2, -0.15) is 0 Å². The maximum absolute atomic E-state index is 12.3. The topological polar surface area (TPSA) is 71.2 Å². The molecule has 1 amide bonds. The molecular formula is C19H18N4O. The number of rotatable bonds is 4. The third-order valence-electron chi connectivity index (χ3n) is 3.67. The van der Waals surface area contributed by atoms with E-state index in [1.807, 2.05) is 48.3 Å². The summed E-state index contributed by atoms with van der Waals surface area (Å²) >= 11 is 0. The second-order valence-corrected chi connectivity index (χ2v) is 5.40. The van der Waals surface area contributed by atoms with Gasteiger partial charge in [0.2, 0.25) is 0 Å². The number of carbonyl (C=O) groups excluding carboxylic acids is 1. The van der Waals surface area contributed by atoms with Gasteiger partial charge >= 0.3 is 0 Å². The average molecular weight is 318 g/mol. The van der Waals surface area contributed by atoms with Gasteiger partial charge in [0.25, 0.3) is 5.91 Å². The highest BCUT2D eigenvalue weighted by atomic mass is 16.1. The Morgan fingerprint density at radius 3 is 2.58 bits per heavy atom. The molecule has 0 spiro atoms. The van der Waals surface area contributed by atoms with Crippen molar-refractivity contribution >= 4 is 28.7 Å². The summed E-state index contributed by atoms with van der Waals surface area (Å²) < 4.78 is 0. The Labute approximate surface area is 140 Å². The van der Waals surface area contributed by atoms with Crippen molar-refractivity contribution in [1.82, 2.24) is 4.98 Å². The molecule has 0 atom stereocenters. The fourth-order valence-electron chi connectivity index (χ4n) is 2.38. The van der Waals surface area contributed by atoms with E-state index in [2.05, 4.69) is 10.3 Å². The Hall–Kier alpha value is -3.34. The minimum absolute atomic E-state index is 0.191. The number of hydrogen-bond acceptors (Lipinski definition) is 4. The molecule has 120 valence electrons. The molecule has 24 heavy (non-hydrogen) atoms. The van der Waals surface area contributed by atoms with Gasteiger partial charge in [-0.15, -0.1) is 0 Å². The molecule has 0 fully saturated rings. The van der Waals surface area contributed by atoms with Crippen molar-refractivity contribution < 1.29 is 4.79 Å². The molecule has 0 bridgehead atoms. The van der Waals surface area contributed by atoms with Crippen molar-refractivity contribution in [1.29, 1.82) is 0 Å². The summed E-state index contributed by atoms with van der Waals surface area (Å²) in [6, 6.07) is 18.4. The van der Waals surface area contributed by atoms with E-state index in [1.54, 1.807) is 36.7 Å². The summed E-state index contributed by atoms with van der Waals surface area (Å²) in [5, 5.41) is 2.90. The van der Waals surface area contributed by atoms with Crippen LogP contribution in [0, 0.1) is 0 Å². The van der Waals surface area contributed by atoms with Crippen molar-refractivity contribution in [3.63, 3.8) is 0 Å². The summed E-state index contributed by atoms with van der Waals surface area (Å²) in [5.74, 6) is -0.191. The van der Waals surface area contributed by atoms with Gasteiger partial charge in [-0.05, 0) is 48.5 Å². The highest BCUT2D eigenvalue weighted by molar-refractivity contribution is 6.05. The predicted molar refractivity (Wildman–Crippen MR) is 97.5 cm³/mol. The Morgan fingerprint density at radius 1 is 1.04 bits per heavy atom. The number of amides is 1. The van der Waals surface area contributed by atoms with Crippen LogP contribution in [0.4, 0.5) is 22.7 Å². The standard InChI is InChI=1S/C19H18N4O/c1-23(18-9-4-10-21-13-18)17-8-3-7-16(12-17)22-19(24)14-5-2-6-15(20)11-14/h2-13H,20H2,1H3,(H,22,24). The molecule has 0 radical (unpaired) electrons. The van der Waals surface area contributed by atoms with Crippen molar-refractivity contribution in [2.45, 2.75) is 0 Å². The van der Waals surface area contributed by atoms with Crippen LogP contribution in [0.1, 0.15) is 10.4 Å². The lowest BCUT2D eigenvalue weighted by atomic mass is 10.2. The predicted octanol–water partition coefficient (Wildman–Crippen LogP) is 3.68. The zero-order valence-corrected chi connectivity index (χ0v) is 13.3. The van der Waals surface area contributed by atoms with Crippen LogP contribution >= 0.6 is 0 Å². The normalized spacial score (nSPS) is 10.2. The molecule has 3 N–H and O–H groups in total. The minimum atomic E-state index is -0.191. The van der Waals surface area contributed by atoms with Crippen molar-refractivity contribution in [3.8, 4) is 0 Å². The molecule has 0 aliphatic rings. The van der Waals surface area contributed by atoms with E-state index in [4.69, 9.17) is 5.73 Å². The van der Waals surface area contributed by atoms with Gasteiger partial charge in [0.15, 0.2) is 0 Å². The first kappa shape index (κ1) is 15.6. The maximum Gasteiger partial charge on any atom is 0.255 e. The van der Waals surface area contributed by atoms with Gasteiger partial charge in [-0.25, -0.2) is 0 Å². The van der Waals surface area contributed by atoms with Gasteiger partial charge in [-0.1, -0.05) is 12.1 Å². The average Bonchev–Trinajstić information content (AvgIpc) is 2.62. The fourth-order valence-corrected chi connectivity index (χ4v) is 2.38. The number of anilines is 4. The summed E-state index contributed by atoms with van der Waals surface area (Å²) in [7, 11) is 1.95. The Balaban J connectivity index is 1.79. The SMILES string of the molecule is CN(c1cccnc1)c1cccc(NC(=O)c2cccc(N)c2)c1. The molecule has 3 aromatic rings. The summed E-state index contributed by atoms with van der Waals surface area (Å²) in [4.78, 5) is 18.5. The molecule has 5 heteroatoms. The van der Waals surface area contributed by atoms with Crippen molar-refractivity contribution in [3.05, 3.63) is 78.6 Å². The van der Waals surface area contributed by atoms with Gasteiger partial charge < -0.3 is 16.0 Å². The minimum Gasteiger partial charge on any atom is -0.399 e. The fraction of sp³-hybridized carbons (Fsp3) is 0.0526. The monoisotopic (exact) mass is 318 g/mol. The Bertz CT molecular complexity index is 849. The van der Waals surface area contributed by atoms with E-state index in [0.717, 1.165) is 17.1 Å². The molecule has 0 aliphatic carbocycles. The third-order valence-corrected chi connectivity index (χ3v) is 3.67. The molecular weight excluding hydrogens is 300 g/mol. The van der Waals surface area contributed by atoms with Crippen LogP contribution in [0.25, 0.3) is 0 Å². The largest absolute Gasteiger partial charge is 0.399 e.